The van der Waals surface area contributed by atoms with E-state index in [1.165, 1.54) is 0 Å². The molecule has 0 aliphatic rings. The second-order valence-corrected chi connectivity index (χ2v) is 7.07. The first-order valence-electron chi connectivity index (χ1n) is 5.99. The highest BCUT2D eigenvalue weighted by Crippen LogP contribution is 2.28. The van der Waals surface area contributed by atoms with Gasteiger partial charge in [-0.2, -0.15) is 0 Å². The predicted molar refractivity (Wildman–Crippen MR) is 80.6 cm³/mol. The fraction of sp³-hybridized carbons (Fsp3) is 0.308. The number of benzene rings is 1. The zero-order valence-corrected chi connectivity index (χ0v) is 13.9. The number of nitrogens with zero attached hydrogens (tertiary/aromatic N) is 2. The van der Waals surface area contributed by atoms with Gasteiger partial charge in [0.05, 0.1) is 5.69 Å². The third-order valence-electron chi connectivity index (χ3n) is 2.65. The number of aromatic nitrogens is 2. The molecule has 0 saturated heterocycles. The Morgan fingerprint density at radius 1 is 1.29 bits per heavy atom. The molecule has 1 aromatic heterocycles. The van der Waals surface area contributed by atoms with Gasteiger partial charge in [0.25, 0.3) is 5.91 Å². The zero-order valence-electron chi connectivity index (χ0n) is 11.5. The van der Waals surface area contributed by atoms with E-state index in [2.05, 4.69) is 30.8 Å². The maximum Gasteiger partial charge on any atom is 0.269 e. The van der Waals surface area contributed by atoms with Gasteiger partial charge in [-0.25, -0.2) is 8.78 Å². The average Bonchev–Trinajstić information content (AvgIpc) is 2.82. The van der Waals surface area contributed by atoms with Gasteiger partial charge in [-0.3, -0.25) is 4.79 Å². The van der Waals surface area contributed by atoms with Crippen LogP contribution in [0.3, 0.4) is 0 Å². The van der Waals surface area contributed by atoms with E-state index in [1.54, 1.807) is 0 Å². The smallest absolute Gasteiger partial charge is 0.269 e. The molecule has 1 amide bonds. The van der Waals surface area contributed by atoms with Gasteiger partial charge in [0.2, 0.25) is 0 Å². The maximum absolute atomic E-state index is 13.7. The summed E-state index contributed by atoms with van der Waals surface area (Å²) in [6.07, 6.45) is 0. The number of amides is 1. The van der Waals surface area contributed by atoms with Gasteiger partial charge in [0, 0.05) is 9.89 Å². The summed E-state index contributed by atoms with van der Waals surface area (Å²) in [6.45, 7) is 5.63. The predicted octanol–water partition coefficient (Wildman–Crippen LogP) is 4.13. The molecule has 1 aromatic carbocycles. The molecule has 0 aliphatic heterocycles. The van der Waals surface area contributed by atoms with E-state index in [4.69, 9.17) is 0 Å². The van der Waals surface area contributed by atoms with Gasteiger partial charge >= 0.3 is 0 Å². The van der Waals surface area contributed by atoms with Crippen LogP contribution in [0.4, 0.5) is 14.5 Å². The average molecular weight is 376 g/mol. The lowest BCUT2D eigenvalue weighted by Crippen LogP contribution is -2.20. The number of halogens is 3. The Labute approximate surface area is 132 Å². The first-order valence-corrected chi connectivity index (χ1v) is 7.55. The highest BCUT2D eigenvalue weighted by molar-refractivity contribution is 9.10. The summed E-state index contributed by atoms with van der Waals surface area (Å²) in [6, 6.07) is 2.16. The van der Waals surface area contributed by atoms with E-state index in [9.17, 15) is 13.6 Å². The normalized spacial score (nSPS) is 11.5. The molecule has 0 saturated carbocycles. The maximum atomic E-state index is 13.7. The van der Waals surface area contributed by atoms with Crippen molar-refractivity contribution in [2.24, 2.45) is 0 Å². The minimum atomic E-state index is -0.856. The van der Waals surface area contributed by atoms with Crippen LogP contribution in [0.2, 0.25) is 0 Å². The van der Waals surface area contributed by atoms with Crippen LogP contribution in [0.15, 0.2) is 16.6 Å². The fourth-order valence-electron chi connectivity index (χ4n) is 1.66. The Bertz CT molecular complexity index is 674. The highest BCUT2D eigenvalue weighted by atomic mass is 79.9. The number of hydrogen-bond donors (Lipinski definition) is 1. The number of anilines is 1. The van der Waals surface area contributed by atoms with Gasteiger partial charge in [0.15, 0.2) is 11.6 Å². The van der Waals surface area contributed by atoms with Crippen molar-refractivity contribution in [2.45, 2.75) is 26.2 Å². The Morgan fingerprint density at radius 2 is 1.86 bits per heavy atom. The minimum absolute atomic E-state index is 0.240. The van der Waals surface area contributed by atoms with Crippen LogP contribution in [0, 0.1) is 11.6 Å². The van der Waals surface area contributed by atoms with Crippen molar-refractivity contribution in [2.75, 3.05) is 5.32 Å². The summed E-state index contributed by atoms with van der Waals surface area (Å²) in [7, 11) is 0. The topological polar surface area (TPSA) is 54.9 Å². The van der Waals surface area contributed by atoms with Gasteiger partial charge in [0.1, 0.15) is 10.6 Å². The first kappa shape index (κ1) is 16.0. The molecular weight excluding hydrogens is 364 g/mol. The lowest BCUT2D eigenvalue weighted by Gasteiger charge is -2.16. The molecule has 21 heavy (non-hydrogen) atoms. The van der Waals surface area contributed by atoms with E-state index in [0.29, 0.717) is 5.69 Å². The van der Waals surface area contributed by atoms with Crippen molar-refractivity contribution < 1.29 is 13.6 Å². The summed E-state index contributed by atoms with van der Waals surface area (Å²) >= 11 is 3.87. The Hall–Kier alpha value is -1.41. The number of rotatable bonds is 2. The third-order valence-corrected chi connectivity index (χ3v) is 3.83. The number of carbonyl (C=O) groups is 1. The van der Waals surface area contributed by atoms with Gasteiger partial charge < -0.3 is 5.32 Å². The summed E-state index contributed by atoms with van der Waals surface area (Å²) in [4.78, 5) is 12.4. The largest absolute Gasteiger partial charge is 0.316 e. The van der Waals surface area contributed by atoms with Crippen LogP contribution in [-0.2, 0) is 5.41 Å². The highest BCUT2D eigenvalue weighted by Gasteiger charge is 2.27. The Kier molecular flexibility index (Phi) is 4.38. The summed E-state index contributed by atoms with van der Waals surface area (Å²) in [5.41, 5.74) is -0.393. The molecule has 0 fully saturated rings. The van der Waals surface area contributed by atoms with Crippen LogP contribution in [0.1, 0.15) is 36.1 Å². The summed E-state index contributed by atoms with van der Waals surface area (Å²) in [5, 5.41) is 6.16. The summed E-state index contributed by atoms with van der Waals surface area (Å²) in [5.74, 6) is -2.34. The molecule has 1 N–H and O–H groups in total. The monoisotopic (exact) mass is 375 g/mol. The fourth-order valence-corrected chi connectivity index (χ4v) is 2.84. The van der Waals surface area contributed by atoms with Gasteiger partial charge in [-0.15, -0.1) is 5.10 Å². The first-order chi connectivity index (χ1) is 9.70. The van der Waals surface area contributed by atoms with E-state index in [1.807, 2.05) is 20.8 Å². The molecule has 0 atom stereocenters. The molecule has 0 unspecified atom stereocenters. The Morgan fingerprint density at radius 3 is 2.38 bits per heavy atom. The quantitative estimate of drug-likeness (QED) is 0.858. The number of hydrogen-bond acceptors (Lipinski definition) is 4. The lowest BCUT2D eigenvalue weighted by atomic mass is 9.91. The zero-order chi connectivity index (χ0) is 15.8. The van der Waals surface area contributed by atoms with E-state index < -0.39 is 28.6 Å². The van der Waals surface area contributed by atoms with Crippen molar-refractivity contribution in [1.82, 2.24) is 9.59 Å². The molecule has 2 rings (SSSR count). The molecule has 8 heteroatoms. The van der Waals surface area contributed by atoms with Crippen molar-refractivity contribution in [3.05, 3.63) is 38.8 Å². The van der Waals surface area contributed by atoms with Crippen LogP contribution in [0.5, 0.6) is 0 Å². The van der Waals surface area contributed by atoms with Crippen LogP contribution in [-0.4, -0.2) is 15.5 Å². The van der Waals surface area contributed by atoms with E-state index in [-0.39, 0.29) is 9.35 Å². The van der Waals surface area contributed by atoms with Crippen molar-refractivity contribution in [3.8, 4) is 0 Å². The molecule has 0 spiro atoms. The third kappa shape index (κ3) is 3.44. The molecule has 1 heterocycles. The molecule has 0 bridgehead atoms. The molecule has 0 aliphatic carbocycles. The molecule has 112 valence electrons. The second kappa shape index (κ2) is 5.76. The van der Waals surface area contributed by atoms with E-state index in [0.717, 1.165) is 23.7 Å². The van der Waals surface area contributed by atoms with Crippen LogP contribution >= 0.6 is 27.5 Å². The van der Waals surface area contributed by atoms with Gasteiger partial charge in [-0.05, 0) is 23.7 Å². The Balaban J connectivity index is 2.34. The van der Waals surface area contributed by atoms with Crippen molar-refractivity contribution in [1.29, 1.82) is 0 Å². The van der Waals surface area contributed by atoms with Gasteiger partial charge in [-0.1, -0.05) is 41.2 Å². The molecular formula is C13H12BrF2N3OS. The minimum Gasteiger partial charge on any atom is -0.316 e. The summed E-state index contributed by atoms with van der Waals surface area (Å²) < 4.78 is 31.5. The lowest BCUT2D eigenvalue weighted by molar-refractivity contribution is 0.102. The number of nitrogens with one attached hydrogen (secondary N) is 1. The second-order valence-electron chi connectivity index (χ2n) is 5.40. The van der Waals surface area contributed by atoms with Crippen molar-refractivity contribution >= 4 is 39.1 Å². The molecule has 4 nitrogen and oxygen atoms in total. The standard InChI is InChI=1S/C13H12BrF2N3OS/c1-13(2,3)11-10(21-19-18-11)12(20)17-9-7(15)4-6(14)5-8(9)16/h4-5H,1-3H3,(H,17,20). The van der Waals surface area contributed by atoms with E-state index >= 15 is 0 Å². The molecule has 2 aromatic rings. The van der Waals surface area contributed by atoms with Crippen LogP contribution in [0.25, 0.3) is 0 Å². The SMILES string of the molecule is CC(C)(C)c1nnsc1C(=O)Nc1c(F)cc(Br)cc1F. The van der Waals surface area contributed by atoms with Crippen LogP contribution < -0.4 is 5.32 Å². The number of carbonyl (C=O) groups excluding carboxylic acids is 1. The van der Waals surface area contributed by atoms with Crippen molar-refractivity contribution in [3.63, 3.8) is 0 Å². The molecule has 0 radical (unpaired) electrons.